The molecule has 0 bridgehead atoms. The quantitative estimate of drug-likeness (QED) is 0.408. The fraction of sp³-hybridized carbons (Fsp3) is 0.231. The zero-order valence-corrected chi connectivity index (χ0v) is 20.0. The first-order chi connectivity index (χ1) is 16.8. The summed E-state index contributed by atoms with van der Waals surface area (Å²) in [5, 5.41) is 11.0. The van der Waals surface area contributed by atoms with Crippen LogP contribution in [0.1, 0.15) is 48.4 Å². The predicted octanol–water partition coefficient (Wildman–Crippen LogP) is 4.38. The number of fused-ring (bicyclic) bond motifs is 1. The molecule has 5 aromatic rings. The number of carbonyl (C=O) groups is 1. The lowest BCUT2D eigenvalue weighted by atomic mass is 9.97. The number of nitrogens with one attached hydrogen (secondary N) is 1. The van der Waals surface area contributed by atoms with Gasteiger partial charge < -0.3 is 9.84 Å². The van der Waals surface area contributed by atoms with E-state index in [0.717, 1.165) is 39.0 Å². The molecule has 0 spiro atoms. The maximum absolute atomic E-state index is 12.5. The minimum absolute atomic E-state index is 0.0326. The molecule has 0 atom stereocenters. The van der Waals surface area contributed by atoms with Crippen LogP contribution in [-0.2, 0) is 12.0 Å². The molecule has 0 aliphatic rings. The van der Waals surface area contributed by atoms with Gasteiger partial charge in [-0.2, -0.15) is 10.1 Å². The number of benzene rings is 1. The first kappa shape index (κ1) is 22.4. The van der Waals surface area contributed by atoms with Gasteiger partial charge in [0.05, 0.1) is 11.2 Å². The number of hydrogen-bond acceptors (Lipinski definition) is 7. The summed E-state index contributed by atoms with van der Waals surface area (Å²) < 4.78 is 7.04. The Kier molecular flexibility index (Phi) is 5.60. The minimum Gasteiger partial charge on any atom is -0.345 e. The van der Waals surface area contributed by atoms with Crippen LogP contribution in [0.4, 0.5) is 0 Å². The van der Waals surface area contributed by atoms with Crippen molar-refractivity contribution in [2.75, 3.05) is 0 Å². The molecule has 1 N–H and O–H groups in total. The van der Waals surface area contributed by atoms with E-state index in [1.807, 2.05) is 68.9 Å². The highest BCUT2D eigenvalue weighted by Gasteiger charge is 2.24. The molecule has 9 nitrogen and oxygen atoms in total. The molecule has 0 aliphatic heterocycles. The number of carbonyl (C=O) groups excluding carboxylic acids is 1. The zero-order valence-electron chi connectivity index (χ0n) is 20.0. The summed E-state index contributed by atoms with van der Waals surface area (Å²) >= 11 is 0. The van der Waals surface area contributed by atoms with Crippen molar-refractivity contribution in [2.24, 2.45) is 0 Å². The topological polar surface area (TPSA) is 111 Å². The van der Waals surface area contributed by atoms with Crippen LogP contribution >= 0.6 is 0 Å². The summed E-state index contributed by atoms with van der Waals surface area (Å²) in [6, 6.07) is 12.0. The van der Waals surface area contributed by atoms with Crippen molar-refractivity contribution in [3.8, 4) is 22.4 Å². The molecule has 35 heavy (non-hydrogen) atoms. The van der Waals surface area contributed by atoms with Crippen molar-refractivity contribution < 1.29 is 9.32 Å². The highest BCUT2D eigenvalue weighted by atomic mass is 16.5. The lowest BCUT2D eigenvalue weighted by Crippen LogP contribution is -2.24. The summed E-state index contributed by atoms with van der Waals surface area (Å²) in [5.74, 6) is 0.0861. The second-order valence-electron chi connectivity index (χ2n) is 9.41. The van der Waals surface area contributed by atoms with Crippen LogP contribution in [-0.4, -0.2) is 35.6 Å². The molecule has 0 radical (unpaired) electrons. The average molecular weight is 468 g/mol. The Labute approximate surface area is 202 Å². The second-order valence-corrected chi connectivity index (χ2v) is 9.41. The van der Waals surface area contributed by atoms with Crippen LogP contribution in [0.15, 0.2) is 65.8 Å². The van der Waals surface area contributed by atoms with E-state index in [2.05, 4.69) is 42.7 Å². The van der Waals surface area contributed by atoms with E-state index >= 15 is 0 Å². The fourth-order valence-electron chi connectivity index (χ4n) is 3.76. The van der Waals surface area contributed by atoms with Gasteiger partial charge in [0.2, 0.25) is 5.89 Å². The van der Waals surface area contributed by atoms with Crippen LogP contribution in [0.2, 0.25) is 0 Å². The Morgan fingerprint density at radius 1 is 1.11 bits per heavy atom. The van der Waals surface area contributed by atoms with Crippen molar-refractivity contribution in [1.82, 2.24) is 35.0 Å². The maximum Gasteiger partial charge on any atom is 0.292 e. The van der Waals surface area contributed by atoms with Gasteiger partial charge >= 0.3 is 0 Å². The maximum atomic E-state index is 12.5. The molecule has 0 aliphatic carbocycles. The first-order valence-corrected chi connectivity index (χ1v) is 11.3. The molecule has 1 aromatic carbocycles. The molecular formula is C26H25N7O2. The molecule has 5 rings (SSSR count). The Morgan fingerprint density at radius 2 is 1.97 bits per heavy atom. The number of rotatable bonds is 5. The summed E-state index contributed by atoms with van der Waals surface area (Å²) in [7, 11) is 0. The van der Waals surface area contributed by atoms with Crippen molar-refractivity contribution in [3.63, 3.8) is 0 Å². The van der Waals surface area contributed by atoms with Crippen molar-refractivity contribution in [2.45, 2.75) is 39.7 Å². The summed E-state index contributed by atoms with van der Waals surface area (Å²) in [4.78, 5) is 25.5. The van der Waals surface area contributed by atoms with Gasteiger partial charge in [-0.05, 0) is 36.2 Å². The van der Waals surface area contributed by atoms with E-state index < -0.39 is 0 Å². The van der Waals surface area contributed by atoms with Gasteiger partial charge in [-0.25, -0.2) is 9.50 Å². The Balaban J connectivity index is 1.36. The van der Waals surface area contributed by atoms with Crippen LogP contribution in [0.25, 0.3) is 27.9 Å². The summed E-state index contributed by atoms with van der Waals surface area (Å²) in [6.45, 7) is 8.21. The average Bonchev–Trinajstić information content (AvgIpc) is 3.51. The number of pyridine rings is 1. The largest absolute Gasteiger partial charge is 0.345 e. The highest BCUT2D eigenvalue weighted by molar-refractivity contribution is 5.90. The molecule has 1 amide bonds. The molecule has 0 saturated heterocycles. The zero-order chi connectivity index (χ0) is 24.6. The van der Waals surface area contributed by atoms with Gasteiger partial charge in [0.15, 0.2) is 0 Å². The number of nitrogens with zero attached hydrogens (tertiary/aromatic N) is 6. The molecule has 9 heteroatoms. The van der Waals surface area contributed by atoms with E-state index in [0.29, 0.717) is 12.4 Å². The van der Waals surface area contributed by atoms with Crippen LogP contribution in [0, 0.1) is 6.92 Å². The minimum atomic E-state index is -0.374. The number of hydrogen-bond donors (Lipinski definition) is 1. The second kappa shape index (κ2) is 8.75. The molecule has 4 heterocycles. The number of aromatic nitrogens is 6. The molecule has 4 aromatic heterocycles. The Hall–Kier alpha value is -4.40. The lowest BCUT2D eigenvalue weighted by Gasteiger charge is -2.10. The third kappa shape index (κ3) is 4.52. The van der Waals surface area contributed by atoms with Crippen molar-refractivity contribution in [3.05, 3.63) is 84.2 Å². The van der Waals surface area contributed by atoms with Gasteiger partial charge in [-0.1, -0.05) is 44.1 Å². The lowest BCUT2D eigenvalue weighted by molar-refractivity contribution is 0.0937. The van der Waals surface area contributed by atoms with Crippen LogP contribution in [0.5, 0.6) is 0 Å². The highest BCUT2D eigenvalue weighted by Crippen LogP contribution is 2.28. The monoisotopic (exact) mass is 467 g/mol. The SMILES string of the molecule is Cc1cc(-c2ncnn3cc(-c4cccnc4)cc23)ccc1CNC(=O)c1noc(C(C)(C)C)n1. The molecule has 0 fully saturated rings. The van der Waals surface area contributed by atoms with E-state index in [-0.39, 0.29) is 17.1 Å². The van der Waals surface area contributed by atoms with E-state index in [1.54, 1.807) is 12.5 Å². The van der Waals surface area contributed by atoms with Gasteiger partial charge in [0.25, 0.3) is 11.7 Å². The van der Waals surface area contributed by atoms with Gasteiger partial charge in [-0.3, -0.25) is 9.78 Å². The third-order valence-corrected chi connectivity index (χ3v) is 5.73. The molecule has 0 unspecified atom stereocenters. The summed E-state index contributed by atoms with van der Waals surface area (Å²) in [6.07, 6.45) is 7.10. The fourth-order valence-corrected chi connectivity index (χ4v) is 3.76. The van der Waals surface area contributed by atoms with Gasteiger partial charge in [-0.15, -0.1) is 0 Å². The van der Waals surface area contributed by atoms with Crippen LogP contribution < -0.4 is 5.32 Å². The molecular weight excluding hydrogens is 442 g/mol. The number of aryl methyl sites for hydroxylation is 1. The smallest absolute Gasteiger partial charge is 0.292 e. The normalized spacial score (nSPS) is 11.7. The van der Waals surface area contributed by atoms with Crippen molar-refractivity contribution >= 4 is 11.4 Å². The standard InChI is InChI=1S/C26H25N7O2/c1-16-10-17(7-8-18(16)13-28-24(34)23-31-25(35-32-23)26(2,3)4)22-21-11-20(14-33(21)30-15-29-22)19-6-5-9-27-12-19/h5-12,14-15H,13H2,1-4H3,(H,28,34). The molecule has 176 valence electrons. The van der Waals surface area contributed by atoms with Crippen molar-refractivity contribution in [1.29, 1.82) is 0 Å². The predicted molar refractivity (Wildman–Crippen MR) is 131 cm³/mol. The molecule has 0 saturated carbocycles. The van der Waals surface area contributed by atoms with E-state index in [9.17, 15) is 4.79 Å². The van der Waals surface area contributed by atoms with E-state index in [1.165, 1.54) is 0 Å². The van der Waals surface area contributed by atoms with Gasteiger partial charge in [0, 0.05) is 47.2 Å². The Bertz CT molecular complexity index is 1510. The third-order valence-electron chi connectivity index (χ3n) is 5.73. The number of amides is 1. The summed E-state index contributed by atoms with van der Waals surface area (Å²) in [5.41, 5.74) is 6.43. The van der Waals surface area contributed by atoms with Crippen LogP contribution in [0.3, 0.4) is 0 Å². The Morgan fingerprint density at radius 3 is 2.69 bits per heavy atom. The first-order valence-electron chi connectivity index (χ1n) is 11.3. The van der Waals surface area contributed by atoms with E-state index in [4.69, 9.17) is 4.52 Å². The van der Waals surface area contributed by atoms with Gasteiger partial charge in [0.1, 0.15) is 6.33 Å².